The molecule has 0 saturated heterocycles. The van der Waals surface area contributed by atoms with Gasteiger partial charge in [0.15, 0.2) is 0 Å². The summed E-state index contributed by atoms with van der Waals surface area (Å²) in [5.41, 5.74) is 4.57. The molecule has 0 saturated carbocycles. The van der Waals surface area contributed by atoms with Crippen molar-refractivity contribution in [3.63, 3.8) is 0 Å². The number of halogens is 2. The maximum Gasteiger partial charge on any atom is 0.323 e. The molecule has 0 radical (unpaired) electrons. The maximum atomic E-state index is 11.3. The Morgan fingerprint density at radius 2 is 1.76 bits per heavy atom. The molecule has 4 rings (SSSR count). The normalized spacial score (nSPS) is 11.7. The summed E-state index contributed by atoms with van der Waals surface area (Å²) in [5, 5.41) is 21.8. The molecule has 196 valence electrons. The van der Waals surface area contributed by atoms with Crippen LogP contribution < -0.4 is 14.8 Å². The first-order valence-corrected chi connectivity index (χ1v) is 13.0. The number of nitrogens with one attached hydrogen (secondary N) is 1. The highest BCUT2D eigenvalue weighted by Gasteiger charge is 2.18. The summed E-state index contributed by atoms with van der Waals surface area (Å²) in [5.74, 6) is -0.259. The lowest BCUT2D eigenvalue weighted by Crippen LogP contribution is -2.39. The largest absolute Gasteiger partial charge is 0.488 e. The van der Waals surface area contributed by atoms with Gasteiger partial charge < -0.3 is 19.7 Å². The van der Waals surface area contributed by atoms with Gasteiger partial charge in [-0.05, 0) is 39.2 Å². The van der Waals surface area contributed by atoms with Gasteiger partial charge in [-0.3, -0.25) is 15.1 Å². The molecule has 7 nitrogen and oxygen atoms in total. The van der Waals surface area contributed by atoms with Crippen molar-refractivity contribution in [1.82, 2.24) is 10.3 Å². The molecule has 0 bridgehead atoms. The summed E-state index contributed by atoms with van der Waals surface area (Å²) in [4.78, 5) is 15.4. The van der Waals surface area contributed by atoms with Crippen LogP contribution in [0.3, 0.4) is 0 Å². The van der Waals surface area contributed by atoms with Gasteiger partial charge in [-0.1, -0.05) is 66.2 Å². The second-order valence-electron chi connectivity index (χ2n) is 8.43. The van der Waals surface area contributed by atoms with Crippen molar-refractivity contribution in [2.45, 2.75) is 25.8 Å². The highest BCUT2D eigenvalue weighted by atomic mass is 79.9. The van der Waals surface area contributed by atoms with Crippen LogP contribution in [0.1, 0.15) is 16.7 Å². The number of benzene rings is 3. The number of rotatable bonds is 12. The topological polar surface area (TPSA) is 101 Å². The Labute approximate surface area is 234 Å². The molecule has 0 amide bonds. The second-order valence-corrected chi connectivity index (χ2v) is 9.63. The molecule has 38 heavy (non-hydrogen) atoms. The van der Waals surface area contributed by atoms with Crippen molar-refractivity contribution in [2.24, 2.45) is 0 Å². The molecule has 1 unspecified atom stereocenters. The lowest BCUT2D eigenvalue weighted by atomic mass is 10.0. The lowest BCUT2D eigenvalue weighted by Gasteiger charge is -2.18. The predicted molar refractivity (Wildman–Crippen MR) is 149 cm³/mol. The molecule has 9 heteroatoms. The number of carboxylic acid groups (broad SMARTS) is 1. The Bertz CT molecular complexity index is 1370. The molecule has 1 aromatic heterocycles. The monoisotopic (exact) mass is 596 g/mol. The molecule has 0 aliphatic heterocycles. The number of aliphatic hydroxyl groups is 1. The highest BCUT2D eigenvalue weighted by Crippen LogP contribution is 2.36. The molecule has 4 aromatic rings. The second kappa shape index (κ2) is 13.4. The Morgan fingerprint density at radius 1 is 0.974 bits per heavy atom. The van der Waals surface area contributed by atoms with Crippen molar-refractivity contribution >= 4 is 33.5 Å². The van der Waals surface area contributed by atoms with Crippen LogP contribution in [0.5, 0.6) is 11.5 Å². The number of aliphatic hydroxyl groups excluding tert-OH is 1. The van der Waals surface area contributed by atoms with E-state index < -0.39 is 18.6 Å². The number of aromatic nitrogens is 1. The van der Waals surface area contributed by atoms with Crippen LogP contribution in [-0.4, -0.2) is 33.8 Å². The van der Waals surface area contributed by atoms with E-state index in [9.17, 15) is 15.0 Å². The van der Waals surface area contributed by atoms with Crippen LogP contribution in [0.25, 0.3) is 11.1 Å². The number of pyridine rings is 1. The maximum absolute atomic E-state index is 11.3. The van der Waals surface area contributed by atoms with Gasteiger partial charge in [0.2, 0.25) is 0 Å². The Morgan fingerprint density at radius 3 is 2.47 bits per heavy atom. The summed E-state index contributed by atoms with van der Waals surface area (Å²) in [6, 6.07) is 22.0. The Kier molecular flexibility index (Phi) is 9.73. The minimum absolute atomic E-state index is 0.116. The van der Waals surface area contributed by atoms with Crippen molar-refractivity contribution in [3.8, 4) is 22.6 Å². The number of hydrogen-bond acceptors (Lipinski definition) is 6. The van der Waals surface area contributed by atoms with Gasteiger partial charge in [-0.15, -0.1) is 0 Å². The van der Waals surface area contributed by atoms with E-state index in [0.29, 0.717) is 22.1 Å². The number of nitrogens with zero attached hydrogens (tertiary/aromatic N) is 1. The summed E-state index contributed by atoms with van der Waals surface area (Å²) in [7, 11) is 0. The van der Waals surface area contributed by atoms with E-state index in [2.05, 4.69) is 26.2 Å². The smallest absolute Gasteiger partial charge is 0.323 e. The Balaban J connectivity index is 1.56. The van der Waals surface area contributed by atoms with E-state index in [-0.39, 0.29) is 19.8 Å². The third-order valence-corrected chi connectivity index (χ3v) is 7.03. The SMILES string of the molecule is O=C(O)C(CO)NCc1cc(Cl)c(OCc2cccc(-c3ccccc3)c2Br)cc1OCc1cccnc1. The molecular formula is C29H26BrClN2O5. The number of ether oxygens (including phenoxy) is 2. The molecule has 0 aliphatic rings. The average molecular weight is 598 g/mol. The highest BCUT2D eigenvalue weighted by molar-refractivity contribution is 9.10. The van der Waals surface area contributed by atoms with Crippen molar-refractivity contribution < 1.29 is 24.5 Å². The minimum atomic E-state index is -1.15. The zero-order valence-corrected chi connectivity index (χ0v) is 22.7. The van der Waals surface area contributed by atoms with E-state index in [0.717, 1.165) is 26.7 Å². The predicted octanol–water partition coefficient (Wildman–Crippen LogP) is 5.86. The third kappa shape index (κ3) is 7.11. The summed E-state index contributed by atoms with van der Waals surface area (Å²) >= 11 is 10.3. The van der Waals surface area contributed by atoms with Gasteiger partial charge in [0.25, 0.3) is 0 Å². The number of carboxylic acids is 1. The summed E-state index contributed by atoms with van der Waals surface area (Å²) in [6.45, 7) is 0.0682. The van der Waals surface area contributed by atoms with Gasteiger partial charge in [-0.25, -0.2) is 0 Å². The molecule has 0 aliphatic carbocycles. The molecule has 1 heterocycles. The molecular weight excluding hydrogens is 572 g/mol. The van der Waals surface area contributed by atoms with Crippen molar-refractivity contribution in [2.75, 3.05) is 6.61 Å². The van der Waals surface area contributed by atoms with Gasteiger partial charge in [-0.2, -0.15) is 0 Å². The van der Waals surface area contributed by atoms with Crippen LogP contribution in [0.2, 0.25) is 5.02 Å². The number of carbonyl (C=O) groups is 1. The van der Waals surface area contributed by atoms with Crippen LogP contribution in [0.15, 0.2) is 89.7 Å². The van der Waals surface area contributed by atoms with Crippen molar-refractivity contribution in [3.05, 3.63) is 111 Å². The lowest BCUT2D eigenvalue weighted by molar-refractivity contribution is -0.140. The van der Waals surface area contributed by atoms with Crippen LogP contribution >= 0.6 is 27.5 Å². The fourth-order valence-electron chi connectivity index (χ4n) is 3.75. The molecule has 0 spiro atoms. The molecule has 0 fully saturated rings. The van der Waals surface area contributed by atoms with Crippen molar-refractivity contribution in [1.29, 1.82) is 0 Å². The molecule has 3 aromatic carbocycles. The summed E-state index contributed by atoms with van der Waals surface area (Å²) in [6.07, 6.45) is 3.38. The van der Waals surface area contributed by atoms with Crippen LogP contribution in [-0.2, 0) is 24.6 Å². The number of aliphatic carboxylic acids is 1. The van der Waals surface area contributed by atoms with Gasteiger partial charge in [0.1, 0.15) is 30.8 Å². The van der Waals surface area contributed by atoms with Crippen LogP contribution in [0, 0.1) is 0 Å². The zero-order valence-electron chi connectivity index (χ0n) is 20.3. The standard InChI is InChI=1S/C29H26BrClN2O5/c30-28-21(9-4-10-23(28)20-7-2-1-3-8-20)18-38-27-13-26(37-17-19-6-5-11-32-14-19)22(12-24(27)31)15-33-25(16-34)29(35)36/h1-14,25,33-34H,15-18H2,(H,35,36). The van der Waals surface area contributed by atoms with Gasteiger partial charge in [0, 0.05) is 46.2 Å². The zero-order chi connectivity index (χ0) is 26.9. The fourth-order valence-corrected chi connectivity index (χ4v) is 4.60. The molecule has 1 atom stereocenters. The van der Waals surface area contributed by atoms with E-state index >= 15 is 0 Å². The van der Waals surface area contributed by atoms with Crippen LogP contribution in [0.4, 0.5) is 0 Å². The fraction of sp³-hybridized carbons (Fsp3) is 0.172. The van der Waals surface area contributed by atoms with E-state index in [1.165, 1.54) is 0 Å². The summed E-state index contributed by atoms with van der Waals surface area (Å²) < 4.78 is 13.1. The quantitative estimate of drug-likeness (QED) is 0.188. The third-order valence-electron chi connectivity index (χ3n) is 5.80. The van der Waals surface area contributed by atoms with Gasteiger partial charge in [0.05, 0.1) is 11.6 Å². The first-order valence-electron chi connectivity index (χ1n) is 11.8. The van der Waals surface area contributed by atoms with E-state index in [1.54, 1.807) is 24.5 Å². The molecule has 3 N–H and O–H groups in total. The number of hydrogen-bond donors (Lipinski definition) is 3. The van der Waals surface area contributed by atoms with E-state index in [1.807, 2.05) is 60.7 Å². The van der Waals surface area contributed by atoms with E-state index in [4.69, 9.17) is 21.1 Å². The first kappa shape index (κ1) is 27.6. The minimum Gasteiger partial charge on any atom is -0.488 e. The average Bonchev–Trinajstić information content (AvgIpc) is 2.93. The van der Waals surface area contributed by atoms with Gasteiger partial charge >= 0.3 is 5.97 Å². The first-order chi connectivity index (χ1) is 18.5. The Hall–Kier alpha value is -3.43.